The first kappa shape index (κ1) is 20.6. The Labute approximate surface area is 186 Å². The molecule has 30 heavy (non-hydrogen) atoms. The molecular formula is C20H16Cl2N4O3S. The average Bonchev–Trinajstić information content (AvgIpc) is 3.32. The number of nitrogens with zero attached hydrogens (tertiary/aromatic N) is 3. The number of para-hydroxylation sites is 1. The van der Waals surface area contributed by atoms with Gasteiger partial charge in [0, 0.05) is 12.4 Å². The normalized spacial score (nSPS) is 11.1. The van der Waals surface area contributed by atoms with Crippen LogP contribution in [0.2, 0.25) is 10.0 Å². The summed E-state index contributed by atoms with van der Waals surface area (Å²) in [6.07, 6.45) is 0. The second-order valence-corrected chi connectivity index (χ2v) is 8.02. The molecule has 4 rings (SSSR count). The van der Waals surface area contributed by atoms with Crippen LogP contribution in [0.1, 0.15) is 0 Å². The fourth-order valence-corrected chi connectivity index (χ4v) is 3.94. The lowest BCUT2D eigenvalue weighted by atomic mass is 10.2. The first-order chi connectivity index (χ1) is 14.5. The van der Waals surface area contributed by atoms with E-state index in [1.807, 2.05) is 31.3 Å². The maximum atomic E-state index is 12.3. The zero-order valence-corrected chi connectivity index (χ0v) is 18.3. The Balaban J connectivity index is 1.48. The van der Waals surface area contributed by atoms with E-state index in [4.69, 9.17) is 32.4 Å². The first-order valence-electron chi connectivity index (χ1n) is 8.81. The molecular weight excluding hydrogens is 447 g/mol. The topological polar surface area (TPSA) is 82.2 Å². The van der Waals surface area contributed by atoms with Gasteiger partial charge >= 0.3 is 0 Å². The van der Waals surface area contributed by atoms with Crippen LogP contribution in [0, 0.1) is 0 Å². The van der Waals surface area contributed by atoms with Gasteiger partial charge in [0.15, 0.2) is 28.1 Å². The number of halogens is 2. The van der Waals surface area contributed by atoms with Gasteiger partial charge in [0.25, 0.3) is 0 Å². The monoisotopic (exact) mass is 462 g/mol. The summed E-state index contributed by atoms with van der Waals surface area (Å²) in [7, 11) is 3.41. The van der Waals surface area contributed by atoms with Crippen molar-refractivity contribution in [3.05, 3.63) is 52.5 Å². The van der Waals surface area contributed by atoms with Gasteiger partial charge in [-0.3, -0.25) is 4.79 Å². The number of anilines is 1. The summed E-state index contributed by atoms with van der Waals surface area (Å²) in [5, 5.41) is 13.3. The fourth-order valence-electron chi connectivity index (χ4n) is 2.88. The van der Waals surface area contributed by atoms with Gasteiger partial charge in [0.2, 0.25) is 5.91 Å². The smallest absolute Gasteiger partial charge is 0.234 e. The van der Waals surface area contributed by atoms with Crippen molar-refractivity contribution in [1.29, 1.82) is 0 Å². The number of hydrogen-bond acceptors (Lipinski definition) is 6. The van der Waals surface area contributed by atoms with Crippen LogP contribution < -0.4 is 10.1 Å². The molecule has 7 nitrogen and oxygen atoms in total. The number of furan rings is 1. The molecule has 2 aromatic carbocycles. The third-order valence-electron chi connectivity index (χ3n) is 4.34. The number of nitrogens with one attached hydrogen (secondary N) is 1. The van der Waals surface area contributed by atoms with Crippen LogP contribution in [0.5, 0.6) is 5.75 Å². The number of amides is 1. The Hall–Kier alpha value is -2.68. The SMILES string of the molecule is COc1cccc2cc(-c3nnc(SCC(=O)Nc4cccc(Cl)c4Cl)n3C)oc12. The lowest BCUT2D eigenvalue weighted by molar-refractivity contribution is -0.113. The Morgan fingerprint density at radius 3 is 2.83 bits per heavy atom. The highest BCUT2D eigenvalue weighted by Crippen LogP contribution is 2.33. The van der Waals surface area contributed by atoms with E-state index in [1.165, 1.54) is 11.8 Å². The van der Waals surface area contributed by atoms with Gasteiger partial charge in [-0.1, -0.05) is 53.2 Å². The molecule has 1 amide bonds. The van der Waals surface area contributed by atoms with Crippen LogP contribution in [-0.2, 0) is 11.8 Å². The molecule has 0 aliphatic rings. The van der Waals surface area contributed by atoms with Crippen molar-refractivity contribution >= 4 is 57.5 Å². The minimum Gasteiger partial charge on any atom is -0.493 e. The van der Waals surface area contributed by atoms with Crippen molar-refractivity contribution in [3.63, 3.8) is 0 Å². The first-order valence-corrected chi connectivity index (χ1v) is 10.5. The highest BCUT2D eigenvalue weighted by Gasteiger charge is 2.18. The van der Waals surface area contributed by atoms with Crippen molar-refractivity contribution in [2.75, 3.05) is 18.2 Å². The van der Waals surface area contributed by atoms with Gasteiger partial charge in [0.1, 0.15) is 0 Å². The molecule has 0 bridgehead atoms. The van der Waals surface area contributed by atoms with Crippen LogP contribution in [0.4, 0.5) is 5.69 Å². The summed E-state index contributed by atoms with van der Waals surface area (Å²) in [5.41, 5.74) is 1.11. The molecule has 154 valence electrons. The summed E-state index contributed by atoms with van der Waals surface area (Å²) in [6, 6.07) is 12.6. The molecule has 2 aromatic heterocycles. The van der Waals surface area contributed by atoms with Crippen molar-refractivity contribution in [2.45, 2.75) is 5.16 Å². The molecule has 1 N–H and O–H groups in total. The highest BCUT2D eigenvalue weighted by atomic mass is 35.5. The molecule has 0 spiro atoms. The van der Waals surface area contributed by atoms with Crippen LogP contribution >= 0.6 is 35.0 Å². The third-order valence-corrected chi connectivity index (χ3v) is 6.18. The van der Waals surface area contributed by atoms with E-state index >= 15 is 0 Å². The van der Waals surface area contributed by atoms with Gasteiger partial charge in [-0.15, -0.1) is 10.2 Å². The maximum Gasteiger partial charge on any atom is 0.234 e. The molecule has 0 radical (unpaired) electrons. The summed E-state index contributed by atoms with van der Waals surface area (Å²) >= 11 is 13.3. The van der Waals surface area contributed by atoms with E-state index in [-0.39, 0.29) is 11.7 Å². The third kappa shape index (κ3) is 3.98. The minimum absolute atomic E-state index is 0.128. The van der Waals surface area contributed by atoms with E-state index < -0.39 is 0 Å². The van der Waals surface area contributed by atoms with Gasteiger partial charge in [-0.25, -0.2) is 0 Å². The second-order valence-electron chi connectivity index (χ2n) is 6.29. The number of carbonyl (C=O) groups excluding carboxylic acids is 1. The van der Waals surface area contributed by atoms with Gasteiger partial charge in [-0.05, 0) is 24.3 Å². The Bertz CT molecular complexity index is 1240. The number of ether oxygens (including phenoxy) is 1. The standard InChI is InChI=1S/C20H16Cl2N4O3S/c1-26-19(15-9-11-5-3-8-14(28-2)18(11)29-15)24-25-20(26)30-10-16(27)23-13-7-4-6-12(21)17(13)22/h3-9H,10H2,1-2H3,(H,23,27). The summed E-state index contributed by atoms with van der Waals surface area (Å²) in [5.74, 6) is 1.65. The van der Waals surface area contributed by atoms with Crippen LogP contribution in [-0.4, -0.2) is 33.5 Å². The second kappa shape index (κ2) is 8.59. The minimum atomic E-state index is -0.234. The number of rotatable bonds is 6. The Morgan fingerprint density at radius 2 is 2.03 bits per heavy atom. The summed E-state index contributed by atoms with van der Waals surface area (Å²) in [6.45, 7) is 0. The van der Waals surface area contributed by atoms with Crippen molar-refractivity contribution in [2.24, 2.45) is 7.05 Å². The van der Waals surface area contributed by atoms with Crippen LogP contribution in [0.15, 0.2) is 52.0 Å². The number of thioether (sulfide) groups is 1. The molecule has 0 saturated carbocycles. The number of carbonyl (C=O) groups is 1. The molecule has 0 atom stereocenters. The van der Waals surface area contributed by atoms with E-state index in [1.54, 1.807) is 29.9 Å². The zero-order chi connectivity index (χ0) is 21.3. The van der Waals surface area contributed by atoms with E-state index in [2.05, 4.69) is 15.5 Å². The number of methoxy groups -OCH3 is 1. The van der Waals surface area contributed by atoms with Gasteiger partial charge < -0.3 is 19.0 Å². The van der Waals surface area contributed by atoms with E-state index in [0.29, 0.717) is 43.8 Å². The van der Waals surface area contributed by atoms with Gasteiger partial charge in [-0.2, -0.15) is 0 Å². The van der Waals surface area contributed by atoms with Crippen molar-refractivity contribution < 1.29 is 13.9 Å². The molecule has 10 heteroatoms. The number of benzene rings is 2. The van der Waals surface area contributed by atoms with Crippen molar-refractivity contribution in [1.82, 2.24) is 14.8 Å². The molecule has 0 unspecified atom stereocenters. The number of hydrogen-bond donors (Lipinski definition) is 1. The fraction of sp³-hybridized carbons (Fsp3) is 0.150. The molecule has 0 aliphatic heterocycles. The number of aromatic nitrogens is 3. The molecule has 4 aromatic rings. The molecule has 0 saturated heterocycles. The van der Waals surface area contributed by atoms with Crippen LogP contribution in [0.25, 0.3) is 22.6 Å². The Morgan fingerprint density at radius 1 is 1.23 bits per heavy atom. The number of fused-ring (bicyclic) bond motifs is 1. The van der Waals surface area contributed by atoms with Gasteiger partial charge in [0.05, 0.1) is 28.6 Å². The van der Waals surface area contributed by atoms with E-state index in [0.717, 1.165) is 5.39 Å². The van der Waals surface area contributed by atoms with Crippen LogP contribution in [0.3, 0.4) is 0 Å². The molecule has 0 aliphatic carbocycles. The van der Waals surface area contributed by atoms with E-state index in [9.17, 15) is 4.79 Å². The molecule has 0 fully saturated rings. The maximum absolute atomic E-state index is 12.3. The lowest BCUT2D eigenvalue weighted by Crippen LogP contribution is -2.14. The summed E-state index contributed by atoms with van der Waals surface area (Å²) < 4.78 is 13.0. The quantitative estimate of drug-likeness (QED) is 0.392. The largest absolute Gasteiger partial charge is 0.493 e. The predicted octanol–water partition coefficient (Wildman–Crippen LogP) is 5.27. The average molecular weight is 463 g/mol. The molecule has 2 heterocycles. The summed E-state index contributed by atoms with van der Waals surface area (Å²) in [4.78, 5) is 12.3. The zero-order valence-electron chi connectivity index (χ0n) is 16.0. The predicted molar refractivity (Wildman–Crippen MR) is 119 cm³/mol. The lowest BCUT2D eigenvalue weighted by Gasteiger charge is -2.08. The van der Waals surface area contributed by atoms with Crippen molar-refractivity contribution in [3.8, 4) is 17.3 Å². The Kier molecular flexibility index (Phi) is 5.90. The highest BCUT2D eigenvalue weighted by molar-refractivity contribution is 7.99.